The first kappa shape index (κ1) is 43.2. The second-order valence-electron chi connectivity index (χ2n) is 15.6. The zero-order valence-corrected chi connectivity index (χ0v) is 31.1. The van der Waals surface area contributed by atoms with Gasteiger partial charge in [-0.25, -0.2) is 14.4 Å². The van der Waals surface area contributed by atoms with Crippen LogP contribution in [0.3, 0.4) is 0 Å². The molecule has 3 amide bonds. The van der Waals surface area contributed by atoms with Crippen LogP contribution in [0.5, 0.6) is 0 Å². The van der Waals surface area contributed by atoms with Gasteiger partial charge in [0.1, 0.15) is 22.4 Å². The normalized spacial score (nSPS) is 12.3. The number of unbranched alkanes of at least 4 members (excludes halogenated alkanes) is 2. The fourth-order valence-electron chi connectivity index (χ4n) is 4.17. The Hall–Kier alpha value is -2.76. The topological polar surface area (TPSA) is 141 Å². The first-order chi connectivity index (χ1) is 20.9. The number of hydrogen-bond donors (Lipinski definition) is 1. The van der Waals surface area contributed by atoms with E-state index in [0.29, 0.717) is 84.3 Å². The van der Waals surface area contributed by atoms with Crippen molar-refractivity contribution in [1.82, 2.24) is 14.7 Å². The number of nitrogens with zero attached hydrogens (tertiary/aromatic N) is 3. The zero-order chi connectivity index (χ0) is 35.8. The van der Waals surface area contributed by atoms with Crippen LogP contribution in [-0.4, -0.2) is 107 Å². The third-order valence-electron chi connectivity index (χ3n) is 6.03. The number of carbonyl (C=O) groups is 4. The lowest BCUT2D eigenvalue weighted by molar-refractivity contribution is -0.154. The summed E-state index contributed by atoms with van der Waals surface area (Å²) in [4.78, 5) is 55.9. The molecule has 0 radical (unpaired) electrons. The molecule has 0 aromatic carbocycles. The summed E-state index contributed by atoms with van der Waals surface area (Å²) < 4.78 is 22.2. The molecule has 0 saturated heterocycles. The Morgan fingerprint density at radius 1 is 0.435 bits per heavy atom. The van der Waals surface area contributed by atoms with Crippen molar-refractivity contribution in [1.29, 1.82) is 0 Å². The van der Waals surface area contributed by atoms with E-state index in [0.717, 1.165) is 0 Å². The van der Waals surface area contributed by atoms with Gasteiger partial charge in [-0.2, -0.15) is 0 Å². The molecule has 0 spiro atoms. The Balaban J connectivity index is 5.31. The minimum atomic E-state index is -0.661. The number of nitrogens with two attached hydrogens (primary N) is 1. The van der Waals surface area contributed by atoms with Crippen LogP contribution in [0.1, 0.15) is 128 Å². The Morgan fingerprint density at radius 2 is 0.717 bits per heavy atom. The first-order valence-corrected chi connectivity index (χ1v) is 16.8. The van der Waals surface area contributed by atoms with Gasteiger partial charge in [0.15, 0.2) is 0 Å². The van der Waals surface area contributed by atoms with Crippen LogP contribution in [0, 0.1) is 0 Å². The molecule has 0 unspecified atom stereocenters. The summed E-state index contributed by atoms with van der Waals surface area (Å²) in [5.74, 6) is -0.257. The number of amides is 3. The van der Waals surface area contributed by atoms with Crippen LogP contribution >= 0.6 is 0 Å². The van der Waals surface area contributed by atoms with Gasteiger partial charge < -0.3 is 39.4 Å². The molecule has 0 saturated carbocycles. The van der Waals surface area contributed by atoms with Gasteiger partial charge in [-0.05, 0) is 128 Å². The van der Waals surface area contributed by atoms with Crippen LogP contribution in [-0.2, 0) is 23.7 Å². The molecule has 0 bridgehead atoms. The highest BCUT2D eigenvalue weighted by molar-refractivity contribution is 5.70. The predicted molar refractivity (Wildman–Crippen MR) is 181 cm³/mol. The lowest BCUT2D eigenvalue weighted by Gasteiger charge is -2.30. The molecule has 2 N–H and O–H groups in total. The van der Waals surface area contributed by atoms with Crippen molar-refractivity contribution < 1.29 is 38.1 Å². The molecule has 46 heavy (non-hydrogen) atoms. The van der Waals surface area contributed by atoms with Crippen LogP contribution in [0.4, 0.5) is 14.4 Å². The van der Waals surface area contributed by atoms with E-state index in [-0.39, 0.29) is 12.4 Å². The molecular formula is C34H66N4O8. The highest BCUT2D eigenvalue weighted by atomic mass is 16.6. The van der Waals surface area contributed by atoms with E-state index in [1.807, 2.05) is 83.1 Å². The lowest BCUT2D eigenvalue weighted by Crippen LogP contribution is -2.42. The maximum absolute atomic E-state index is 13.1. The SMILES string of the molecule is CC(C)(C)OC(=O)CCCCN(CCCCN(CCCN(CCCN)C(=O)OC(C)(C)C)C(=O)OC(C)(C)C)C(=O)OC(C)(C)C. The van der Waals surface area contributed by atoms with Crippen molar-refractivity contribution in [2.24, 2.45) is 5.73 Å². The fourth-order valence-corrected chi connectivity index (χ4v) is 4.17. The summed E-state index contributed by atoms with van der Waals surface area (Å²) in [6.45, 7) is 24.9. The molecule has 0 aromatic heterocycles. The Bertz CT molecular complexity index is 929. The van der Waals surface area contributed by atoms with Gasteiger partial charge in [-0.3, -0.25) is 4.79 Å². The molecule has 12 nitrogen and oxygen atoms in total. The summed E-state index contributed by atoms with van der Waals surface area (Å²) in [5.41, 5.74) is 3.23. The molecule has 12 heteroatoms. The van der Waals surface area contributed by atoms with Crippen LogP contribution < -0.4 is 5.73 Å². The average Bonchev–Trinajstić information content (AvgIpc) is 2.83. The van der Waals surface area contributed by atoms with Gasteiger partial charge in [0, 0.05) is 45.7 Å². The molecule has 0 rings (SSSR count). The molecule has 270 valence electrons. The van der Waals surface area contributed by atoms with E-state index >= 15 is 0 Å². The second kappa shape index (κ2) is 19.8. The van der Waals surface area contributed by atoms with Gasteiger partial charge >= 0.3 is 24.2 Å². The monoisotopic (exact) mass is 658 g/mol. The third-order valence-corrected chi connectivity index (χ3v) is 6.03. The van der Waals surface area contributed by atoms with E-state index in [9.17, 15) is 19.2 Å². The van der Waals surface area contributed by atoms with Crippen molar-refractivity contribution in [3.8, 4) is 0 Å². The van der Waals surface area contributed by atoms with Gasteiger partial charge in [0.2, 0.25) is 0 Å². The Morgan fingerprint density at radius 3 is 1.02 bits per heavy atom. The maximum atomic E-state index is 13.1. The number of hydrogen-bond acceptors (Lipinski definition) is 9. The van der Waals surface area contributed by atoms with Gasteiger partial charge in [0.05, 0.1) is 0 Å². The highest BCUT2D eigenvalue weighted by Crippen LogP contribution is 2.16. The molecule has 0 aliphatic carbocycles. The number of esters is 1. The summed E-state index contributed by atoms with van der Waals surface area (Å²) >= 11 is 0. The number of rotatable bonds is 17. The first-order valence-electron chi connectivity index (χ1n) is 16.8. The van der Waals surface area contributed by atoms with E-state index in [1.165, 1.54) is 0 Å². The van der Waals surface area contributed by atoms with Crippen molar-refractivity contribution in [2.45, 2.75) is 150 Å². The average molecular weight is 659 g/mol. The molecule has 0 heterocycles. The van der Waals surface area contributed by atoms with Crippen LogP contribution in [0.15, 0.2) is 0 Å². The predicted octanol–water partition coefficient (Wildman–Crippen LogP) is 6.73. The Kier molecular flexibility index (Phi) is 18.6. The lowest BCUT2D eigenvalue weighted by atomic mass is 10.2. The minimum Gasteiger partial charge on any atom is -0.460 e. The molecule has 0 aliphatic heterocycles. The highest BCUT2D eigenvalue weighted by Gasteiger charge is 2.26. The quantitative estimate of drug-likeness (QED) is 0.102. The van der Waals surface area contributed by atoms with E-state index < -0.39 is 40.7 Å². The van der Waals surface area contributed by atoms with Crippen molar-refractivity contribution in [3.63, 3.8) is 0 Å². The maximum Gasteiger partial charge on any atom is 0.410 e. The summed E-state index contributed by atoms with van der Waals surface area (Å²) in [6, 6.07) is 0. The summed E-state index contributed by atoms with van der Waals surface area (Å²) in [7, 11) is 0. The standard InChI is InChI=1S/C34H66N4O8/c1-31(2,3)43-27(39)19-13-14-21-36(28(40)44-32(4,5)6)22-15-16-23-37(29(41)45-33(7,8)9)25-18-26-38(24-17-20-35)30(42)46-34(10,11)12/h13-26,35H2,1-12H3. The van der Waals surface area contributed by atoms with E-state index in [2.05, 4.69) is 0 Å². The zero-order valence-electron chi connectivity index (χ0n) is 31.1. The minimum absolute atomic E-state index is 0.257. The Labute approximate surface area is 279 Å². The van der Waals surface area contributed by atoms with E-state index in [1.54, 1.807) is 14.7 Å². The fraction of sp³-hybridized carbons (Fsp3) is 0.882. The third kappa shape index (κ3) is 23.6. The molecule has 0 atom stereocenters. The molecule has 0 fully saturated rings. The molecule has 0 aromatic rings. The van der Waals surface area contributed by atoms with Gasteiger partial charge in [-0.15, -0.1) is 0 Å². The van der Waals surface area contributed by atoms with Crippen molar-refractivity contribution in [3.05, 3.63) is 0 Å². The van der Waals surface area contributed by atoms with E-state index in [4.69, 9.17) is 24.7 Å². The summed E-state index contributed by atoms with van der Waals surface area (Å²) in [6.07, 6.45) is 2.69. The van der Waals surface area contributed by atoms with Crippen molar-refractivity contribution in [2.75, 3.05) is 45.8 Å². The smallest absolute Gasteiger partial charge is 0.410 e. The number of carbonyl (C=O) groups excluding carboxylic acids is 4. The van der Waals surface area contributed by atoms with Crippen LogP contribution in [0.2, 0.25) is 0 Å². The molecule has 0 aliphatic rings. The molecular weight excluding hydrogens is 592 g/mol. The summed E-state index contributed by atoms with van der Waals surface area (Å²) in [5, 5.41) is 0. The largest absolute Gasteiger partial charge is 0.460 e. The van der Waals surface area contributed by atoms with Gasteiger partial charge in [-0.1, -0.05) is 0 Å². The second-order valence-corrected chi connectivity index (χ2v) is 15.6. The van der Waals surface area contributed by atoms with Crippen molar-refractivity contribution >= 4 is 24.2 Å². The van der Waals surface area contributed by atoms with Gasteiger partial charge in [0.25, 0.3) is 0 Å². The van der Waals surface area contributed by atoms with Crippen LogP contribution in [0.25, 0.3) is 0 Å². The number of ether oxygens (including phenoxy) is 4.